The van der Waals surface area contributed by atoms with E-state index in [1.165, 1.54) is 4.31 Å². The Balaban J connectivity index is 2.01. The second kappa shape index (κ2) is 7.74. The summed E-state index contributed by atoms with van der Waals surface area (Å²) >= 11 is 0. The van der Waals surface area contributed by atoms with Crippen molar-refractivity contribution < 1.29 is 22.7 Å². The van der Waals surface area contributed by atoms with Crippen molar-refractivity contribution in [2.75, 3.05) is 23.9 Å². The minimum Gasteiger partial charge on any atom is -0.454 e. The summed E-state index contributed by atoms with van der Waals surface area (Å²) in [5, 5.41) is 2.87. The van der Waals surface area contributed by atoms with Crippen molar-refractivity contribution in [1.82, 2.24) is 5.32 Å². The number of carbonyl (C=O) groups is 1. The molecule has 1 amide bonds. The monoisotopic (exact) mass is 356 g/mol. The van der Waals surface area contributed by atoms with Crippen LogP contribution in [0.25, 0.3) is 0 Å². The van der Waals surface area contributed by atoms with E-state index in [0.29, 0.717) is 23.6 Å². The number of carbonyl (C=O) groups excluding carboxylic acids is 1. The fourth-order valence-electron chi connectivity index (χ4n) is 2.36. The van der Waals surface area contributed by atoms with Crippen LogP contribution >= 0.6 is 0 Å². The van der Waals surface area contributed by atoms with Crippen LogP contribution in [-0.2, 0) is 14.8 Å². The second-order valence-corrected chi connectivity index (χ2v) is 7.76. The lowest BCUT2D eigenvalue weighted by atomic mass is 10.2. The van der Waals surface area contributed by atoms with Crippen molar-refractivity contribution in [2.45, 2.75) is 39.2 Å². The number of hydrogen-bond donors (Lipinski definition) is 1. The van der Waals surface area contributed by atoms with Gasteiger partial charge in [0.2, 0.25) is 22.7 Å². The molecule has 8 heteroatoms. The van der Waals surface area contributed by atoms with E-state index >= 15 is 0 Å². The highest BCUT2D eigenvalue weighted by molar-refractivity contribution is 7.92. The van der Waals surface area contributed by atoms with Crippen molar-refractivity contribution >= 4 is 21.6 Å². The molecule has 0 saturated carbocycles. The number of rotatable bonds is 8. The van der Waals surface area contributed by atoms with Gasteiger partial charge in [-0.15, -0.1) is 0 Å². The summed E-state index contributed by atoms with van der Waals surface area (Å²) in [5.41, 5.74) is 0.504. The molecule has 0 fully saturated rings. The van der Waals surface area contributed by atoms with Gasteiger partial charge in [0.05, 0.1) is 11.9 Å². The Bertz CT molecular complexity index is 690. The zero-order chi connectivity index (χ0) is 17.7. The molecule has 1 aromatic carbocycles. The van der Waals surface area contributed by atoms with Gasteiger partial charge in [-0.1, -0.05) is 6.92 Å². The molecule has 0 aliphatic carbocycles. The normalized spacial score (nSPS) is 14.3. The summed E-state index contributed by atoms with van der Waals surface area (Å²) in [6, 6.07) is 5.12. The first-order valence-corrected chi connectivity index (χ1v) is 9.82. The van der Waals surface area contributed by atoms with Gasteiger partial charge in [0.1, 0.15) is 0 Å². The predicted octanol–water partition coefficient (Wildman–Crippen LogP) is 1.88. The van der Waals surface area contributed by atoms with E-state index in [1.54, 1.807) is 18.2 Å². The van der Waals surface area contributed by atoms with E-state index < -0.39 is 10.0 Å². The van der Waals surface area contributed by atoms with Crippen molar-refractivity contribution in [3.63, 3.8) is 0 Å². The molecule has 0 unspecified atom stereocenters. The summed E-state index contributed by atoms with van der Waals surface area (Å²) in [6.07, 6.45) is 2.72. The number of ether oxygens (including phenoxy) is 2. The van der Waals surface area contributed by atoms with Crippen LogP contribution in [0.1, 0.15) is 33.1 Å². The molecule has 134 valence electrons. The molecule has 0 bridgehead atoms. The Morgan fingerprint density at radius 2 is 2.04 bits per heavy atom. The average molecular weight is 356 g/mol. The molecular weight excluding hydrogens is 332 g/mol. The third kappa shape index (κ3) is 4.77. The Morgan fingerprint density at radius 3 is 2.71 bits per heavy atom. The van der Waals surface area contributed by atoms with E-state index in [4.69, 9.17) is 9.47 Å². The fourth-order valence-corrected chi connectivity index (χ4v) is 3.32. The molecule has 1 atom stereocenters. The zero-order valence-electron chi connectivity index (χ0n) is 14.2. The quantitative estimate of drug-likeness (QED) is 0.769. The molecular formula is C16H24N2O5S. The first-order chi connectivity index (χ1) is 11.3. The summed E-state index contributed by atoms with van der Waals surface area (Å²) in [4.78, 5) is 11.8. The van der Waals surface area contributed by atoms with Gasteiger partial charge in [0.15, 0.2) is 11.5 Å². The van der Waals surface area contributed by atoms with Crippen molar-refractivity contribution in [2.24, 2.45) is 0 Å². The highest BCUT2D eigenvalue weighted by atomic mass is 32.2. The van der Waals surface area contributed by atoms with Gasteiger partial charge in [-0.05, 0) is 31.9 Å². The average Bonchev–Trinajstić information content (AvgIpc) is 2.97. The number of sulfonamides is 1. The van der Waals surface area contributed by atoms with Crippen LogP contribution in [0.2, 0.25) is 0 Å². The zero-order valence-corrected chi connectivity index (χ0v) is 15.1. The number of anilines is 1. The molecule has 1 heterocycles. The van der Waals surface area contributed by atoms with Crippen LogP contribution in [0.4, 0.5) is 5.69 Å². The Hall–Kier alpha value is -1.96. The maximum atomic E-state index is 12.1. The third-order valence-electron chi connectivity index (χ3n) is 3.83. The van der Waals surface area contributed by atoms with Gasteiger partial charge in [-0.3, -0.25) is 9.10 Å². The predicted molar refractivity (Wildman–Crippen MR) is 91.9 cm³/mol. The van der Waals surface area contributed by atoms with E-state index in [-0.39, 0.29) is 31.7 Å². The van der Waals surface area contributed by atoms with Crippen LogP contribution in [0, 0.1) is 0 Å². The SMILES string of the molecule is CC[C@H](C)NC(=O)CCCN(c1ccc2c(c1)OCO2)S(C)(=O)=O. The van der Waals surface area contributed by atoms with Gasteiger partial charge < -0.3 is 14.8 Å². The van der Waals surface area contributed by atoms with Crippen LogP contribution in [0.5, 0.6) is 11.5 Å². The van der Waals surface area contributed by atoms with Gasteiger partial charge in [-0.25, -0.2) is 8.42 Å². The molecule has 0 spiro atoms. The lowest BCUT2D eigenvalue weighted by Crippen LogP contribution is -2.34. The molecule has 0 aromatic heterocycles. The Kier molecular flexibility index (Phi) is 5.93. The van der Waals surface area contributed by atoms with Crippen molar-refractivity contribution in [1.29, 1.82) is 0 Å². The Labute approximate surface area is 143 Å². The fraction of sp³-hybridized carbons (Fsp3) is 0.562. The maximum absolute atomic E-state index is 12.1. The largest absolute Gasteiger partial charge is 0.454 e. The summed E-state index contributed by atoms with van der Waals surface area (Å²) in [5.74, 6) is 1.05. The van der Waals surface area contributed by atoms with Gasteiger partial charge in [-0.2, -0.15) is 0 Å². The number of hydrogen-bond acceptors (Lipinski definition) is 5. The third-order valence-corrected chi connectivity index (χ3v) is 5.02. The first-order valence-electron chi connectivity index (χ1n) is 7.98. The standard InChI is InChI=1S/C16H24N2O5S/c1-4-12(2)17-16(19)6-5-9-18(24(3,20)21)13-7-8-14-15(10-13)23-11-22-14/h7-8,10,12H,4-6,9,11H2,1-3H3,(H,17,19)/t12-/m0/s1. The smallest absolute Gasteiger partial charge is 0.232 e. The lowest BCUT2D eigenvalue weighted by Gasteiger charge is -2.22. The molecule has 24 heavy (non-hydrogen) atoms. The molecule has 1 aromatic rings. The van der Waals surface area contributed by atoms with Crippen LogP contribution in [0.15, 0.2) is 18.2 Å². The van der Waals surface area contributed by atoms with E-state index in [2.05, 4.69) is 5.32 Å². The molecule has 1 aliphatic rings. The highest BCUT2D eigenvalue weighted by Crippen LogP contribution is 2.36. The summed E-state index contributed by atoms with van der Waals surface area (Å²) in [7, 11) is -3.46. The number of benzene rings is 1. The molecule has 1 aliphatic heterocycles. The minimum absolute atomic E-state index is 0.0662. The molecule has 0 saturated heterocycles. The van der Waals surface area contributed by atoms with E-state index in [9.17, 15) is 13.2 Å². The summed E-state index contributed by atoms with van der Waals surface area (Å²) in [6.45, 7) is 4.29. The van der Waals surface area contributed by atoms with E-state index in [1.807, 2.05) is 13.8 Å². The second-order valence-electron chi connectivity index (χ2n) is 5.85. The molecule has 0 radical (unpaired) electrons. The summed E-state index contributed by atoms with van der Waals surface area (Å²) < 4.78 is 36.0. The minimum atomic E-state index is -3.46. The highest BCUT2D eigenvalue weighted by Gasteiger charge is 2.21. The topological polar surface area (TPSA) is 84.9 Å². The van der Waals surface area contributed by atoms with E-state index in [0.717, 1.165) is 12.7 Å². The number of fused-ring (bicyclic) bond motifs is 1. The van der Waals surface area contributed by atoms with Crippen LogP contribution in [0.3, 0.4) is 0 Å². The molecule has 2 rings (SSSR count). The number of nitrogens with one attached hydrogen (secondary N) is 1. The lowest BCUT2D eigenvalue weighted by molar-refractivity contribution is -0.121. The van der Waals surface area contributed by atoms with Crippen LogP contribution < -0.4 is 19.1 Å². The van der Waals surface area contributed by atoms with Gasteiger partial charge >= 0.3 is 0 Å². The van der Waals surface area contributed by atoms with Crippen LogP contribution in [-0.4, -0.2) is 40.0 Å². The molecule has 7 nitrogen and oxygen atoms in total. The van der Waals surface area contributed by atoms with Crippen molar-refractivity contribution in [3.05, 3.63) is 18.2 Å². The molecule has 1 N–H and O–H groups in total. The maximum Gasteiger partial charge on any atom is 0.232 e. The van der Waals surface area contributed by atoms with Crippen molar-refractivity contribution in [3.8, 4) is 11.5 Å². The number of amides is 1. The Morgan fingerprint density at radius 1 is 1.33 bits per heavy atom. The van der Waals surface area contributed by atoms with Gasteiger partial charge in [0.25, 0.3) is 0 Å². The first kappa shape index (κ1) is 18.4. The van der Waals surface area contributed by atoms with Gasteiger partial charge in [0, 0.05) is 25.1 Å². The number of nitrogens with zero attached hydrogens (tertiary/aromatic N) is 1.